The monoisotopic (exact) mass is 364 g/mol. The molecule has 6 heteroatoms. The van der Waals surface area contributed by atoms with Crippen molar-refractivity contribution in [1.29, 1.82) is 0 Å². The van der Waals surface area contributed by atoms with E-state index in [-0.39, 0.29) is 17.3 Å². The summed E-state index contributed by atoms with van der Waals surface area (Å²) in [7, 11) is 1.37. The maximum Gasteiger partial charge on any atom is 0.337 e. The van der Waals surface area contributed by atoms with Gasteiger partial charge in [0, 0.05) is 25.2 Å². The van der Waals surface area contributed by atoms with Gasteiger partial charge < -0.3 is 9.64 Å². The fourth-order valence-electron chi connectivity index (χ4n) is 3.21. The number of benzene rings is 1. The largest absolute Gasteiger partial charge is 0.465 e. The van der Waals surface area contributed by atoms with Gasteiger partial charge in [-0.25, -0.2) is 4.79 Å². The Balaban J connectivity index is 2.09. The van der Waals surface area contributed by atoms with E-state index in [2.05, 4.69) is 32.6 Å². The lowest BCUT2D eigenvalue weighted by Crippen LogP contribution is -2.43. The summed E-state index contributed by atoms with van der Waals surface area (Å²) in [5, 5.41) is 0.0142. The molecule has 1 saturated heterocycles. The predicted molar refractivity (Wildman–Crippen MR) is 102 cm³/mol. The molecule has 25 heavy (non-hydrogen) atoms. The standard InChI is InChI=1S/C19H28N2O3S/c1-13(2)20(14(3)4)10-11-21-17(22)12-25-18(21)15-6-8-16(9-7-15)19(23)24-5/h6-9,13-14,18H,10-12H2,1-5H3. The van der Waals surface area contributed by atoms with Gasteiger partial charge in [-0.3, -0.25) is 9.69 Å². The van der Waals surface area contributed by atoms with Crippen molar-refractivity contribution < 1.29 is 14.3 Å². The first-order valence-electron chi connectivity index (χ1n) is 8.70. The van der Waals surface area contributed by atoms with E-state index in [1.54, 1.807) is 23.9 Å². The highest BCUT2D eigenvalue weighted by Gasteiger charge is 2.33. The summed E-state index contributed by atoms with van der Waals surface area (Å²) in [6.45, 7) is 10.3. The van der Waals surface area contributed by atoms with Crippen LogP contribution < -0.4 is 0 Å². The van der Waals surface area contributed by atoms with E-state index in [4.69, 9.17) is 4.74 Å². The van der Waals surface area contributed by atoms with Crippen LogP contribution in [0.1, 0.15) is 49.0 Å². The molecule has 0 bridgehead atoms. The van der Waals surface area contributed by atoms with Gasteiger partial charge in [-0.15, -0.1) is 11.8 Å². The van der Waals surface area contributed by atoms with Gasteiger partial charge in [0.05, 0.1) is 18.4 Å². The maximum atomic E-state index is 12.3. The first kappa shape index (κ1) is 19.8. The van der Waals surface area contributed by atoms with Gasteiger partial charge in [0.25, 0.3) is 0 Å². The van der Waals surface area contributed by atoms with Gasteiger partial charge in [0.1, 0.15) is 5.37 Å². The van der Waals surface area contributed by atoms with Crippen LogP contribution in [0.3, 0.4) is 0 Å². The molecule has 2 rings (SSSR count). The molecule has 1 amide bonds. The zero-order valence-electron chi connectivity index (χ0n) is 15.7. The molecule has 0 aliphatic carbocycles. The molecule has 0 spiro atoms. The van der Waals surface area contributed by atoms with Crippen molar-refractivity contribution in [3.63, 3.8) is 0 Å². The van der Waals surface area contributed by atoms with E-state index >= 15 is 0 Å². The van der Waals surface area contributed by atoms with Gasteiger partial charge in [-0.2, -0.15) is 0 Å². The lowest BCUT2D eigenvalue weighted by molar-refractivity contribution is -0.128. The van der Waals surface area contributed by atoms with Crippen molar-refractivity contribution in [2.75, 3.05) is 26.0 Å². The molecule has 1 heterocycles. The Morgan fingerprint density at radius 3 is 2.36 bits per heavy atom. The number of nitrogens with zero attached hydrogens (tertiary/aromatic N) is 2. The zero-order chi connectivity index (χ0) is 18.6. The molecule has 0 saturated carbocycles. The fraction of sp³-hybridized carbons (Fsp3) is 0.579. The lowest BCUT2D eigenvalue weighted by Gasteiger charge is -2.33. The Bertz CT molecular complexity index is 593. The van der Waals surface area contributed by atoms with Crippen LogP contribution in [0.15, 0.2) is 24.3 Å². The highest BCUT2D eigenvalue weighted by molar-refractivity contribution is 8.00. The Kier molecular flexibility index (Phi) is 6.90. The minimum Gasteiger partial charge on any atom is -0.465 e. The van der Waals surface area contributed by atoms with E-state index in [1.807, 2.05) is 17.0 Å². The van der Waals surface area contributed by atoms with E-state index in [1.165, 1.54) is 7.11 Å². The number of rotatable bonds is 7. The van der Waals surface area contributed by atoms with Gasteiger partial charge >= 0.3 is 5.97 Å². The second-order valence-corrected chi connectivity index (χ2v) is 7.86. The summed E-state index contributed by atoms with van der Waals surface area (Å²) < 4.78 is 4.74. The average molecular weight is 365 g/mol. The minimum atomic E-state index is -0.344. The minimum absolute atomic E-state index is 0.0142. The molecular formula is C19H28N2O3S. The Hall–Kier alpha value is -1.53. The van der Waals surface area contributed by atoms with Crippen LogP contribution in [0.25, 0.3) is 0 Å². The molecule has 1 fully saturated rings. The highest BCUT2D eigenvalue weighted by Crippen LogP contribution is 2.38. The number of amides is 1. The first-order chi connectivity index (χ1) is 11.8. The molecule has 1 aliphatic heterocycles. The Labute approximate surface area is 154 Å². The molecule has 5 nitrogen and oxygen atoms in total. The van der Waals surface area contributed by atoms with Crippen LogP contribution in [0.5, 0.6) is 0 Å². The summed E-state index contributed by atoms with van der Waals surface area (Å²) in [5.74, 6) is 0.342. The summed E-state index contributed by atoms with van der Waals surface area (Å²) in [4.78, 5) is 28.3. The predicted octanol–water partition coefficient (Wildman–Crippen LogP) is 3.17. The first-order valence-corrected chi connectivity index (χ1v) is 9.75. The van der Waals surface area contributed by atoms with E-state index in [0.29, 0.717) is 29.9 Å². The molecule has 0 N–H and O–H groups in total. The second-order valence-electron chi connectivity index (χ2n) is 6.79. The Morgan fingerprint density at radius 2 is 1.84 bits per heavy atom. The molecular weight excluding hydrogens is 336 g/mol. The molecule has 1 unspecified atom stereocenters. The topological polar surface area (TPSA) is 49.9 Å². The smallest absolute Gasteiger partial charge is 0.337 e. The van der Waals surface area contributed by atoms with E-state index < -0.39 is 0 Å². The SMILES string of the molecule is COC(=O)c1ccc(C2SCC(=O)N2CCN(C(C)C)C(C)C)cc1. The molecule has 1 aromatic rings. The zero-order valence-corrected chi connectivity index (χ0v) is 16.5. The van der Waals surface area contributed by atoms with E-state index in [0.717, 1.165) is 12.1 Å². The summed E-state index contributed by atoms with van der Waals surface area (Å²) in [6, 6.07) is 8.25. The van der Waals surface area contributed by atoms with E-state index in [9.17, 15) is 9.59 Å². The van der Waals surface area contributed by atoms with Crippen LogP contribution in [-0.4, -0.2) is 59.7 Å². The molecule has 0 aromatic heterocycles. The molecule has 138 valence electrons. The maximum absolute atomic E-state index is 12.3. The van der Waals surface area contributed by atoms with Crippen molar-refractivity contribution in [2.24, 2.45) is 0 Å². The number of thioether (sulfide) groups is 1. The quantitative estimate of drug-likeness (QED) is 0.696. The van der Waals surface area contributed by atoms with Crippen molar-refractivity contribution in [1.82, 2.24) is 9.80 Å². The normalized spacial score (nSPS) is 17.8. The number of carbonyl (C=O) groups excluding carboxylic acids is 2. The van der Waals surface area contributed by atoms with Gasteiger partial charge in [-0.05, 0) is 45.4 Å². The summed E-state index contributed by atoms with van der Waals surface area (Å²) in [6.07, 6.45) is 0. The van der Waals surface area contributed by atoms with Gasteiger partial charge in [0.15, 0.2) is 0 Å². The third kappa shape index (κ3) is 4.76. The highest BCUT2D eigenvalue weighted by atomic mass is 32.2. The van der Waals surface area contributed by atoms with Crippen LogP contribution in [0, 0.1) is 0 Å². The lowest BCUT2D eigenvalue weighted by atomic mass is 10.1. The number of methoxy groups -OCH3 is 1. The molecule has 0 radical (unpaired) electrons. The van der Waals surface area contributed by atoms with Crippen molar-refractivity contribution in [3.05, 3.63) is 35.4 Å². The van der Waals surface area contributed by atoms with Crippen LogP contribution in [0.4, 0.5) is 0 Å². The van der Waals surface area contributed by atoms with Crippen molar-refractivity contribution in [2.45, 2.75) is 45.2 Å². The number of hydrogen-bond donors (Lipinski definition) is 0. The van der Waals surface area contributed by atoms with Crippen LogP contribution in [-0.2, 0) is 9.53 Å². The number of esters is 1. The fourth-order valence-corrected chi connectivity index (χ4v) is 4.43. The third-order valence-electron chi connectivity index (χ3n) is 4.51. The number of carbonyl (C=O) groups is 2. The van der Waals surface area contributed by atoms with Crippen molar-refractivity contribution in [3.8, 4) is 0 Å². The van der Waals surface area contributed by atoms with Crippen molar-refractivity contribution >= 4 is 23.6 Å². The van der Waals surface area contributed by atoms with Crippen LogP contribution >= 0.6 is 11.8 Å². The third-order valence-corrected chi connectivity index (χ3v) is 5.77. The molecule has 1 aliphatic rings. The Morgan fingerprint density at radius 1 is 1.24 bits per heavy atom. The molecule has 1 atom stereocenters. The molecule has 1 aromatic carbocycles. The van der Waals surface area contributed by atoms with Gasteiger partial charge in [0.2, 0.25) is 5.91 Å². The number of ether oxygens (including phenoxy) is 1. The number of hydrogen-bond acceptors (Lipinski definition) is 5. The van der Waals surface area contributed by atoms with Gasteiger partial charge in [-0.1, -0.05) is 12.1 Å². The summed E-state index contributed by atoms with van der Waals surface area (Å²) in [5.41, 5.74) is 1.57. The van der Waals surface area contributed by atoms with Crippen LogP contribution in [0.2, 0.25) is 0 Å². The second kappa shape index (κ2) is 8.72. The summed E-state index contributed by atoms with van der Waals surface area (Å²) >= 11 is 1.64. The average Bonchev–Trinajstić information content (AvgIpc) is 2.95.